The monoisotopic (exact) mass is 493 g/mol. The molecule has 0 aliphatic rings. The van der Waals surface area contributed by atoms with Crippen molar-refractivity contribution >= 4 is 33.5 Å². The SMILES string of the molecule is CN(/N=C/c1cnc2ccc(-c3cccnc3)cn12)S(=O)(=O)c1cc(C(F)(F)F)ccc1Cl. The van der Waals surface area contributed by atoms with Gasteiger partial charge in [0.25, 0.3) is 10.0 Å². The van der Waals surface area contributed by atoms with Crippen LogP contribution in [0.1, 0.15) is 11.3 Å². The summed E-state index contributed by atoms with van der Waals surface area (Å²) in [6.45, 7) is 0. The van der Waals surface area contributed by atoms with Crippen LogP contribution >= 0.6 is 11.6 Å². The van der Waals surface area contributed by atoms with E-state index in [2.05, 4.69) is 15.1 Å². The summed E-state index contributed by atoms with van der Waals surface area (Å²) < 4.78 is 67.0. The highest BCUT2D eigenvalue weighted by Crippen LogP contribution is 2.34. The van der Waals surface area contributed by atoms with E-state index in [1.807, 2.05) is 12.1 Å². The van der Waals surface area contributed by atoms with Gasteiger partial charge in [0.05, 0.1) is 28.7 Å². The second-order valence-corrected chi connectivity index (χ2v) is 9.22. The summed E-state index contributed by atoms with van der Waals surface area (Å²) in [4.78, 5) is 7.64. The molecule has 170 valence electrons. The Morgan fingerprint density at radius 1 is 1.12 bits per heavy atom. The number of sulfonamides is 1. The van der Waals surface area contributed by atoms with Crippen molar-refractivity contribution in [1.82, 2.24) is 18.8 Å². The largest absolute Gasteiger partial charge is 0.416 e. The van der Waals surface area contributed by atoms with Gasteiger partial charge < -0.3 is 0 Å². The number of hydrazone groups is 1. The quantitative estimate of drug-likeness (QED) is 0.297. The van der Waals surface area contributed by atoms with Crippen molar-refractivity contribution in [1.29, 1.82) is 0 Å². The fourth-order valence-corrected chi connectivity index (χ4v) is 4.48. The van der Waals surface area contributed by atoms with Gasteiger partial charge in [0.2, 0.25) is 0 Å². The normalized spacial score (nSPS) is 12.5. The Kier molecular flexibility index (Phi) is 5.85. The summed E-state index contributed by atoms with van der Waals surface area (Å²) in [6.07, 6.45) is 3.16. The van der Waals surface area contributed by atoms with E-state index in [0.717, 1.165) is 24.2 Å². The average Bonchev–Trinajstić information content (AvgIpc) is 3.19. The fraction of sp³-hybridized carbons (Fsp3) is 0.0952. The molecule has 0 saturated heterocycles. The number of fused-ring (bicyclic) bond motifs is 1. The van der Waals surface area contributed by atoms with E-state index in [4.69, 9.17) is 11.6 Å². The van der Waals surface area contributed by atoms with Crippen molar-refractivity contribution in [3.8, 4) is 11.1 Å². The van der Waals surface area contributed by atoms with Gasteiger partial charge in [0.15, 0.2) is 0 Å². The van der Waals surface area contributed by atoms with Crippen molar-refractivity contribution in [3.63, 3.8) is 0 Å². The van der Waals surface area contributed by atoms with E-state index in [1.54, 1.807) is 35.1 Å². The number of rotatable bonds is 5. The van der Waals surface area contributed by atoms with Crippen LogP contribution in [0.5, 0.6) is 0 Å². The minimum Gasteiger partial charge on any atom is -0.298 e. The Hall–Kier alpha value is -3.44. The van der Waals surface area contributed by atoms with Crippen LogP contribution in [0.3, 0.4) is 0 Å². The fourth-order valence-electron chi connectivity index (χ4n) is 3.02. The highest BCUT2D eigenvalue weighted by molar-refractivity contribution is 7.89. The molecular formula is C21H15ClF3N5O2S. The second kappa shape index (κ2) is 8.49. The molecule has 0 fully saturated rings. The molecule has 0 amide bonds. The highest BCUT2D eigenvalue weighted by Gasteiger charge is 2.33. The maximum Gasteiger partial charge on any atom is 0.416 e. The Morgan fingerprint density at radius 2 is 1.91 bits per heavy atom. The van der Waals surface area contributed by atoms with Crippen LogP contribution in [0.25, 0.3) is 16.8 Å². The second-order valence-electron chi connectivity index (χ2n) is 6.90. The maximum absolute atomic E-state index is 13.0. The van der Waals surface area contributed by atoms with Crippen LogP contribution < -0.4 is 0 Å². The molecule has 0 unspecified atom stereocenters. The first-order valence-corrected chi connectivity index (χ1v) is 11.2. The molecule has 0 atom stereocenters. The summed E-state index contributed by atoms with van der Waals surface area (Å²) in [5.74, 6) is 0. The number of benzene rings is 1. The van der Waals surface area contributed by atoms with Crippen LogP contribution in [0.4, 0.5) is 13.2 Å². The number of hydrogen-bond donors (Lipinski definition) is 0. The number of alkyl halides is 3. The van der Waals surface area contributed by atoms with Gasteiger partial charge in [0.1, 0.15) is 10.5 Å². The van der Waals surface area contributed by atoms with Crippen molar-refractivity contribution in [2.45, 2.75) is 11.1 Å². The minimum atomic E-state index is -4.72. The molecule has 4 rings (SSSR count). The highest BCUT2D eigenvalue weighted by atomic mass is 35.5. The van der Waals surface area contributed by atoms with E-state index in [1.165, 1.54) is 12.4 Å². The molecule has 12 heteroatoms. The van der Waals surface area contributed by atoms with Gasteiger partial charge in [-0.05, 0) is 36.4 Å². The number of pyridine rings is 2. The van der Waals surface area contributed by atoms with Crippen molar-refractivity contribution in [3.05, 3.63) is 83.5 Å². The lowest BCUT2D eigenvalue weighted by Gasteiger charge is -2.16. The van der Waals surface area contributed by atoms with Gasteiger partial charge in [-0.25, -0.2) is 4.98 Å². The molecular weight excluding hydrogens is 479 g/mol. The summed E-state index contributed by atoms with van der Waals surface area (Å²) in [5, 5.41) is 3.56. The average molecular weight is 494 g/mol. The molecule has 4 aromatic rings. The third-order valence-electron chi connectivity index (χ3n) is 4.77. The number of imidazole rings is 1. The third kappa shape index (κ3) is 4.55. The first kappa shape index (κ1) is 22.7. The molecule has 3 heterocycles. The Bertz CT molecular complexity index is 1450. The van der Waals surface area contributed by atoms with Gasteiger partial charge in [-0.15, -0.1) is 0 Å². The van der Waals surface area contributed by atoms with Gasteiger partial charge >= 0.3 is 6.18 Å². The lowest BCUT2D eigenvalue weighted by molar-refractivity contribution is -0.137. The molecule has 3 aromatic heterocycles. The number of aromatic nitrogens is 3. The molecule has 0 spiro atoms. The molecule has 7 nitrogen and oxygen atoms in total. The first-order valence-electron chi connectivity index (χ1n) is 9.34. The van der Waals surface area contributed by atoms with Crippen molar-refractivity contribution in [2.24, 2.45) is 5.10 Å². The summed E-state index contributed by atoms with van der Waals surface area (Å²) in [7, 11) is -3.34. The van der Waals surface area contributed by atoms with Crippen LogP contribution in [-0.4, -0.2) is 40.5 Å². The summed E-state index contributed by atoms with van der Waals surface area (Å²) in [6, 6.07) is 9.42. The molecule has 33 heavy (non-hydrogen) atoms. The molecule has 0 aliphatic carbocycles. The summed E-state index contributed by atoms with van der Waals surface area (Å²) in [5.41, 5.74) is 1.63. The molecule has 0 bridgehead atoms. The topological polar surface area (TPSA) is 79.9 Å². The van der Waals surface area contributed by atoms with E-state index in [0.29, 0.717) is 27.9 Å². The molecule has 0 saturated carbocycles. The minimum absolute atomic E-state index is 0.346. The maximum atomic E-state index is 13.0. The van der Waals surface area contributed by atoms with Gasteiger partial charge in [-0.2, -0.15) is 31.1 Å². The van der Waals surface area contributed by atoms with E-state index >= 15 is 0 Å². The Balaban J connectivity index is 1.67. The number of nitrogens with zero attached hydrogens (tertiary/aromatic N) is 5. The predicted molar refractivity (Wildman–Crippen MR) is 117 cm³/mol. The number of hydrogen-bond acceptors (Lipinski definition) is 5. The lowest BCUT2D eigenvalue weighted by atomic mass is 10.1. The molecule has 1 aromatic carbocycles. The Morgan fingerprint density at radius 3 is 2.61 bits per heavy atom. The van der Waals surface area contributed by atoms with Gasteiger partial charge in [-0.1, -0.05) is 17.7 Å². The third-order valence-corrected chi connectivity index (χ3v) is 6.89. The van der Waals surface area contributed by atoms with Crippen molar-refractivity contribution < 1.29 is 21.6 Å². The molecule has 0 radical (unpaired) electrons. The van der Waals surface area contributed by atoms with Crippen molar-refractivity contribution in [2.75, 3.05) is 7.05 Å². The van der Waals surface area contributed by atoms with E-state index < -0.39 is 26.7 Å². The predicted octanol–water partition coefficient (Wildman–Crippen LogP) is 4.72. The standard InChI is InChI=1S/C21H15ClF3N5O2S/c1-29(33(31,32)19-9-16(21(23,24)25)5-6-18(19)22)28-12-17-11-27-20-7-4-15(13-30(17)20)14-3-2-8-26-10-14/h2-13H,1H3/b28-12+. The van der Waals surface area contributed by atoms with Crippen LogP contribution in [0, 0.1) is 0 Å². The first-order chi connectivity index (χ1) is 15.6. The molecule has 0 aliphatic heterocycles. The van der Waals surface area contributed by atoms with E-state index in [9.17, 15) is 21.6 Å². The summed E-state index contributed by atoms with van der Waals surface area (Å²) >= 11 is 5.88. The molecule has 0 N–H and O–H groups in total. The van der Waals surface area contributed by atoms with Gasteiger partial charge in [0, 0.05) is 36.8 Å². The zero-order valence-corrected chi connectivity index (χ0v) is 18.5. The Labute approximate surface area is 191 Å². The lowest BCUT2D eigenvalue weighted by Crippen LogP contribution is -2.23. The van der Waals surface area contributed by atoms with Gasteiger partial charge in [-0.3, -0.25) is 9.38 Å². The van der Waals surface area contributed by atoms with E-state index in [-0.39, 0.29) is 5.02 Å². The van der Waals surface area contributed by atoms with Crippen LogP contribution in [0.2, 0.25) is 5.02 Å². The smallest absolute Gasteiger partial charge is 0.298 e. The van der Waals surface area contributed by atoms with Crippen LogP contribution in [-0.2, 0) is 16.2 Å². The number of halogens is 4. The zero-order chi connectivity index (χ0) is 23.8. The van der Waals surface area contributed by atoms with Crippen LogP contribution in [0.15, 0.2) is 77.2 Å². The zero-order valence-electron chi connectivity index (χ0n) is 16.9.